The van der Waals surface area contributed by atoms with Gasteiger partial charge in [-0.2, -0.15) is 10.2 Å². The third kappa shape index (κ3) is 1.99. The van der Waals surface area contributed by atoms with Gasteiger partial charge in [0, 0.05) is 25.7 Å². The second-order valence-electron chi connectivity index (χ2n) is 5.03. The van der Waals surface area contributed by atoms with Crippen molar-refractivity contribution in [2.75, 3.05) is 0 Å². The Bertz CT molecular complexity index is 1070. The molecule has 0 fully saturated rings. The second kappa shape index (κ2) is 4.88. The SMILES string of the molecule is Cn1ccc(Cn2ncc3c4sc(I)nc4n(C)c3c2=O)n1. The van der Waals surface area contributed by atoms with Gasteiger partial charge in [0.1, 0.15) is 5.52 Å². The molecule has 112 valence electrons. The van der Waals surface area contributed by atoms with Crippen molar-refractivity contribution < 1.29 is 0 Å². The van der Waals surface area contributed by atoms with Gasteiger partial charge in [0.15, 0.2) is 8.66 Å². The molecule has 4 aromatic heterocycles. The molecule has 0 amide bonds. The molecule has 4 rings (SSSR count). The second-order valence-corrected chi connectivity index (χ2v) is 7.78. The summed E-state index contributed by atoms with van der Waals surface area (Å²) in [4.78, 5) is 17.2. The summed E-state index contributed by atoms with van der Waals surface area (Å²) in [6.07, 6.45) is 3.60. The predicted molar refractivity (Wildman–Crippen MR) is 93.2 cm³/mol. The highest BCUT2D eigenvalue weighted by Gasteiger charge is 2.17. The molecule has 22 heavy (non-hydrogen) atoms. The van der Waals surface area contributed by atoms with E-state index in [0.29, 0.717) is 12.1 Å². The third-order valence-electron chi connectivity index (χ3n) is 3.58. The van der Waals surface area contributed by atoms with Gasteiger partial charge in [0.05, 0.1) is 23.1 Å². The number of aromatic nitrogens is 6. The van der Waals surface area contributed by atoms with E-state index in [9.17, 15) is 4.79 Å². The Balaban J connectivity index is 1.93. The zero-order valence-corrected chi connectivity index (χ0v) is 14.8. The lowest BCUT2D eigenvalue weighted by Crippen LogP contribution is -2.24. The van der Waals surface area contributed by atoms with Gasteiger partial charge in [0.2, 0.25) is 0 Å². The van der Waals surface area contributed by atoms with Gasteiger partial charge in [-0.25, -0.2) is 9.67 Å². The van der Waals surface area contributed by atoms with Crippen molar-refractivity contribution in [1.29, 1.82) is 0 Å². The molecule has 4 aromatic rings. The maximum atomic E-state index is 12.7. The molecule has 9 heteroatoms. The van der Waals surface area contributed by atoms with E-state index in [1.165, 1.54) is 4.68 Å². The number of halogens is 1. The molecule has 4 heterocycles. The van der Waals surface area contributed by atoms with Gasteiger partial charge >= 0.3 is 0 Å². The summed E-state index contributed by atoms with van der Waals surface area (Å²) in [5.74, 6) is 0. The van der Waals surface area contributed by atoms with E-state index < -0.39 is 0 Å². The molecule has 0 saturated heterocycles. The van der Waals surface area contributed by atoms with Gasteiger partial charge in [-0.3, -0.25) is 9.48 Å². The van der Waals surface area contributed by atoms with Crippen LogP contribution >= 0.6 is 33.9 Å². The Morgan fingerprint density at radius 3 is 2.91 bits per heavy atom. The van der Waals surface area contributed by atoms with Gasteiger partial charge in [-0.15, -0.1) is 11.3 Å². The summed E-state index contributed by atoms with van der Waals surface area (Å²) in [6, 6.07) is 1.88. The lowest BCUT2D eigenvalue weighted by atomic mass is 10.3. The number of thiazole rings is 1. The van der Waals surface area contributed by atoms with Crippen LogP contribution in [0.2, 0.25) is 0 Å². The minimum absolute atomic E-state index is 0.120. The summed E-state index contributed by atoms with van der Waals surface area (Å²) < 4.78 is 6.97. The molecule has 0 bridgehead atoms. The summed E-state index contributed by atoms with van der Waals surface area (Å²) >= 11 is 3.77. The predicted octanol–water partition coefficient (Wildman–Crippen LogP) is 1.73. The Hall–Kier alpha value is -1.75. The van der Waals surface area contributed by atoms with E-state index in [1.54, 1.807) is 22.2 Å². The highest BCUT2D eigenvalue weighted by Crippen LogP contribution is 2.31. The number of fused-ring (bicyclic) bond motifs is 3. The summed E-state index contributed by atoms with van der Waals surface area (Å²) in [5, 5.41) is 9.46. The van der Waals surface area contributed by atoms with E-state index in [2.05, 4.69) is 37.8 Å². The minimum atomic E-state index is -0.120. The molecule has 0 aliphatic carbocycles. The van der Waals surface area contributed by atoms with Crippen LogP contribution in [0.3, 0.4) is 0 Å². The zero-order chi connectivity index (χ0) is 15.4. The molecule has 0 atom stereocenters. The first-order chi connectivity index (χ1) is 10.5. The number of hydrogen-bond donors (Lipinski definition) is 0. The fraction of sp³-hybridized carbons (Fsp3) is 0.231. The summed E-state index contributed by atoms with van der Waals surface area (Å²) in [6.45, 7) is 0.361. The van der Waals surface area contributed by atoms with Crippen molar-refractivity contribution in [3.63, 3.8) is 0 Å². The van der Waals surface area contributed by atoms with Crippen LogP contribution < -0.4 is 5.56 Å². The average Bonchev–Trinajstić information content (AvgIpc) is 3.11. The average molecular weight is 426 g/mol. The maximum absolute atomic E-state index is 12.7. The van der Waals surface area contributed by atoms with Gasteiger partial charge in [-0.05, 0) is 28.7 Å². The van der Waals surface area contributed by atoms with E-state index in [-0.39, 0.29) is 5.56 Å². The first kappa shape index (κ1) is 13.9. The monoisotopic (exact) mass is 426 g/mol. The Morgan fingerprint density at radius 1 is 1.36 bits per heavy atom. The largest absolute Gasteiger partial charge is 0.323 e. The van der Waals surface area contributed by atoms with Crippen LogP contribution in [0.1, 0.15) is 5.69 Å². The Kier molecular flexibility index (Phi) is 3.08. The molecule has 0 radical (unpaired) electrons. The molecule has 0 saturated carbocycles. The fourth-order valence-corrected chi connectivity index (χ4v) is 4.30. The van der Waals surface area contributed by atoms with Crippen molar-refractivity contribution >= 4 is 55.2 Å². The molecule has 0 aliphatic rings. The summed E-state index contributed by atoms with van der Waals surface area (Å²) in [5.41, 5.74) is 2.15. The highest BCUT2D eigenvalue weighted by molar-refractivity contribution is 14.1. The van der Waals surface area contributed by atoms with Crippen molar-refractivity contribution in [3.8, 4) is 0 Å². The minimum Gasteiger partial charge on any atom is -0.323 e. The Morgan fingerprint density at radius 2 is 2.18 bits per heavy atom. The molecule has 7 nitrogen and oxygen atoms in total. The molecule has 0 unspecified atom stereocenters. The van der Waals surface area contributed by atoms with Crippen LogP contribution in [0, 0.1) is 3.01 Å². The lowest BCUT2D eigenvalue weighted by molar-refractivity contribution is 0.619. The van der Waals surface area contributed by atoms with Crippen molar-refractivity contribution in [2.24, 2.45) is 14.1 Å². The van der Waals surface area contributed by atoms with Crippen LogP contribution in [0.25, 0.3) is 21.3 Å². The number of aryl methyl sites for hydroxylation is 2. The Labute approximate surface area is 142 Å². The topological polar surface area (TPSA) is 70.5 Å². The molecule has 0 spiro atoms. The molecular weight excluding hydrogens is 415 g/mol. The van der Waals surface area contributed by atoms with E-state index >= 15 is 0 Å². The van der Waals surface area contributed by atoms with Gasteiger partial charge in [0.25, 0.3) is 5.56 Å². The van der Waals surface area contributed by atoms with Crippen molar-refractivity contribution in [1.82, 2.24) is 29.1 Å². The molecule has 0 aliphatic heterocycles. The fourth-order valence-electron chi connectivity index (χ4n) is 2.58. The molecular formula is C13H11IN6OS. The number of nitrogens with zero attached hydrogens (tertiary/aromatic N) is 6. The molecule has 0 N–H and O–H groups in total. The quantitative estimate of drug-likeness (QED) is 0.458. The highest BCUT2D eigenvalue weighted by atomic mass is 127. The van der Waals surface area contributed by atoms with Gasteiger partial charge < -0.3 is 4.57 Å². The van der Waals surface area contributed by atoms with Crippen molar-refractivity contribution in [3.05, 3.63) is 37.5 Å². The standard InChI is InChI=1S/C13H11IN6OS/c1-18-4-3-7(17-18)6-20-12(21)9-8(5-15-20)10-11(19(9)2)16-13(14)22-10/h3-5H,6H2,1-2H3. The van der Waals surface area contributed by atoms with E-state index in [1.807, 2.05) is 30.9 Å². The normalized spacial score (nSPS) is 11.8. The first-order valence-electron chi connectivity index (χ1n) is 6.53. The van der Waals surface area contributed by atoms with Crippen LogP contribution in [0.4, 0.5) is 0 Å². The maximum Gasteiger partial charge on any atom is 0.291 e. The number of hydrogen-bond acceptors (Lipinski definition) is 5. The van der Waals surface area contributed by atoms with Gasteiger partial charge in [-0.1, -0.05) is 0 Å². The smallest absolute Gasteiger partial charge is 0.291 e. The third-order valence-corrected chi connectivity index (χ3v) is 5.35. The van der Waals surface area contributed by atoms with Crippen LogP contribution in [0.5, 0.6) is 0 Å². The van der Waals surface area contributed by atoms with Crippen LogP contribution in [0.15, 0.2) is 23.3 Å². The van der Waals surface area contributed by atoms with Crippen LogP contribution in [-0.2, 0) is 20.6 Å². The molecule has 0 aromatic carbocycles. The zero-order valence-electron chi connectivity index (χ0n) is 11.8. The van der Waals surface area contributed by atoms with Crippen LogP contribution in [-0.4, -0.2) is 29.1 Å². The van der Waals surface area contributed by atoms with E-state index in [0.717, 1.165) is 24.4 Å². The lowest BCUT2D eigenvalue weighted by Gasteiger charge is -2.03. The number of rotatable bonds is 2. The summed E-state index contributed by atoms with van der Waals surface area (Å²) in [7, 11) is 3.72. The van der Waals surface area contributed by atoms with Crippen molar-refractivity contribution in [2.45, 2.75) is 6.54 Å². The first-order valence-corrected chi connectivity index (χ1v) is 8.43. The van der Waals surface area contributed by atoms with E-state index in [4.69, 9.17) is 0 Å².